The minimum atomic E-state index is -0.130. The lowest BCUT2D eigenvalue weighted by Gasteiger charge is -2.10. The van der Waals surface area contributed by atoms with Crippen molar-refractivity contribution in [2.24, 2.45) is 5.92 Å². The second kappa shape index (κ2) is 7.77. The van der Waals surface area contributed by atoms with Crippen molar-refractivity contribution in [3.8, 4) is 0 Å². The molecule has 0 fully saturated rings. The fourth-order valence-corrected chi connectivity index (χ4v) is 2.41. The summed E-state index contributed by atoms with van der Waals surface area (Å²) < 4.78 is 0. The van der Waals surface area contributed by atoms with Gasteiger partial charge >= 0.3 is 0 Å². The number of hydrogen-bond donors (Lipinski definition) is 2. The summed E-state index contributed by atoms with van der Waals surface area (Å²) in [5.74, 6) is 0.440. The highest BCUT2D eigenvalue weighted by Crippen LogP contribution is 2.19. The third-order valence-corrected chi connectivity index (χ3v) is 3.51. The first-order chi connectivity index (χ1) is 10.9. The summed E-state index contributed by atoms with van der Waals surface area (Å²) in [4.78, 5) is 16.3. The molecule has 4 heteroatoms. The normalized spacial score (nSPS) is 10.7. The number of amides is 1. The monoisotopic (exact) mass is 311 g/mol. The number of hydrogen-bond acceptors (Lipinski definition) is 3. The molecule has 0 aliphatic carbocycles. The van der Waals surface area contributed by atoms with Crippen molar-refractivity contribution in [2.75, 3.05) is 11.9 Å². The topological polar surface area (TPSA) is 54.0 Å². The molecule has 0 bridgehead atoms. The Labute approximate surface area is 138 Å². The van der Waals surface area contributed by atoms with E-state index in [-0.39, 0.29) is 5.91 Å². The van der Waals surface area contributed by atoms with Crippen molar-refractivity contribution in [1.82, 2.24) is 10.3 Å². The van der Waals surface area contributed by atoms with Crippen LogP contribution in [0.1, 0.15) is 41.9 Å². The second-order valence-electron chi connectivity index (χ2n) is 6.37. The van der Waals surface area contributed by atoms with Gasteiger partial charge in [-0.15, -0.1) is 0 Å². The van der Waals surface area contributed by atoms with E-state index in [0.717, 1.165) is 17.8 Å². The molecular weight excluding hydrogens is 286 g/mol. The summed E-state index contributed by atoms with van der Waals surface area (Å²) in [6.07, 6.45) is 2.62. The fourth-order valence-electron chi connectivity index (χ4n) is 2.41. The molecule has 0 atom stereocenters. The molecule has 4 nitrogen and oxygen atoms in total. The van der Waals surface area contributed by atoms with E-state index in [1.165, 1.54) is 11.1 Å². The first-order valence-corrected chi connectivity index (χ1v) is 8.03. The molecule has 0 saturated carbocycles. The molecule has 2 aromatic rings. The van der Waals surface area contributed by atoms with Crippen LogP contribution in [0.3, 0.4) is 0 Å². The quantitative estimate of drug-likeness (QED) is 0.840. The number of anilines is 2. The Balaban J connectivity index is 2.05. The predicted octanol–water partition coefficient (Wildman–Crippen LogP) is 4.22. The number of carbonyl (C=O) groups excluding carboxylic acids is 1. The molecule has 2 N–H and O–H groups in total. The van der Waals surface area contributed by atoms with Gasteiger partial charge in [0.1, 0.15) is 5.69 Å². The Morgan fingerprint density at radius 2 is 1.78 bits per heavy atom. The van der Waals surface area contributed by atoms with Crippen molar-refractivity contribution in [3.05, 3.63) is 53.3 Å². The van der Waals surface area contributed by atoms with Crippen molar-refractivity contribution in [3.63, 3.8) is 0 Å². The molecule has 1 heterocycles. The Morgan fingerprint density at radius 3 is 2.43 bits per heavy atom. The van der Waals surface area contributed by atoms with Crippen LogP contribution in [-0.2, 0) is 0 Å². The molecular formula is C19H25N3O. The highest BCUT2D eigenvalue weighted by molar-refractivity contribution is 5.93. The van der Waals surface area contributed by atoms with Crippen LogP contribution in [0, 0.1) is 19.8 Å². The number of pyridine rings is 1. The van der Waals surface area contributed by atoms with Crippen LogP contribution in [0.15, 0.2) is 36.5 Å². The number of carbonyl (C=O) groups is 1. The lowest BCUT2D eigenvalue weighted by Crippen LogP contribution is -2.26. The van der Waals surface area contributed by atoms with Gasteiger partial charge in [-0.2, -0.15) is 0 Å². The van der Waals surface area contributed by atoms with Gasteiger partial charge in [0.05, 0.1) is 0 Å². The summed E-state index contributed by atoms with van der Waals surface area (Å²) in [7, 11) is 0. The second-order valence-corrected chi connectivity index (χ2v) is 6.37. The van der Waals surface area contributed by atoms with E-state index in [1.54, 1.807) is 12.3 Å². The van der Waals surface area contributed by atoms with E-state index in [9.17, 15) is 4.79 Å². The molecule has 23 heavy (non-hydrogen) atoms. The zero-order valence-corrected chi connectivity index (χ0v) is 14.3. The Bertz CT molecular complexity index is 660. The average molecular weight is 311 g/mol. The molecule has 1 aromatic heterocycles. The lowest BCUT2D eigenvalue weighted by atomic mass is 10.1. The molecule has 0 aliphatic rings. The van der Waals surface area contributed by atoms with Crippen LogP contribution in [0.2, 0.25) is 0 Å². The molecule has 0 unspecified atom stereocenters. The summed E-state index contributed by atoms with van der Waals surface area (Å²) in [6, 6.07) is 9.93. The minimum absolute atomic E-state index is 0.130. The summed E-state index contributed by atoms with van der Waals surface area (Å²) in [6.45, 7) is 9.08. The molecule has 2 rings (SSSR count). The zero-order valence-electron chi connectivity index (χ0n) is 14.3. The molecule has 0 saturated heterocycles. The minimum Gasteiger partial charge on any atom is -0.355 e. The van der Waals surface area contributed by atoms with Crippen LogP contribution in [-0.4, -0.2) is 17.4 Å². The van der Waals surface area contributed by atoms with Crippen LogP contribution < -0.4 is 10.6 Å². The molecule has 1 amide bonds. The summed E-state index contributed by atoms with van der Waals surface area (Å²) in [5, 5.41) is 6.25. The molecule has 122 valence electrons. The van der Waals surface area contributed by atoms with Gasteiger partial charge in [0.25, 0.3) is 5.91 Å². The Hall–Kier alpha value is -2.36. The van der Waals surface area contributed by atoms with Crippen molar-refractivity contribution in [1.29, 1.82) is 0 Å². The zero-order chi connectivity index (χ0) is 16.8. The van der Waals surface area contributed by atoms with E-state index < -0.39 is 0 Å². The van der Waals surface area contributed by atoms with Gasteiger partial charge in [0.2, 0.25) is 0 Å². The van der Waals surface area contributed by atoms with Gasteiger partial charge in [-0.3, -0.25) is 9.78 Å². The standard InChI is InChI=1S/C19H25N3O/c1-13(2)5-7-21-19(23)18-12-16(6-8-20-18)22-17-10-14(3)9-15(4)11-17/h6,8-13H,5,7H2,1-4H3,(H,20,22)(H,21,23). The van der Waals surface area contributed by atoms with Crippen LogP contribution in [0.4, 0.5) is 11.4 Å². The number of benzene rings is 1. The number of nitrogens with zero attached hydrogens (tertiary/aromatic N) is 1. The van der Waals surface area contributed by atoms with E-state index in [0.29, 0.717) is 18.2 Å². The van der Waals surface area contributed by atoms with Gasteiger partial charge in [0, 0.05) is 24.1 Å². The largest absolute Gasteiger partial charge is 0.355 e. The Kier molecular flexibility index (Phi) is 5.74. The maximum Gasteiger partial charge on any atom is 0.269 e. The lowest BCUT2D eigenvalue weighted by molar-refractivity contribution is 0.0947. The van der Waals surface area contributed by atoms with Gasteiger partial charge in [-0.05, 0) is 61.6 Å². The number of aromatic nitrogens is 1. The molecule has 1 aromatic carbocycles. The third-order valence-electron chi connectivity index (χ3n) is 3.51. The van der Waals surface area contributed by atoms with E-state index in [1.807, 2.05) is 6.07 Å². The highest BCUT2D eigenvalue weighted by Gasteiger charge is 2.08. The maximum absolute atomic E-state index is 12.1. The summed E-state index contributed by atoms with van der Waals surface area (Å²) in [5.41, 5.74) is 4.71. The van der Waals surface area contributed by atoms with Gasteiger partial charge in [0.15, 0.2) is 0 Å². The van der Waals surface area contributed by atoms with Crippen molar-refractivity contribution in [2.45, 2.75) is 34.1 Å². The molecule has 0 aliphatic heterocycles. The maximum atomic E-state index is 12.1. The van der Waals surface area contributed by atoms with Crippen molar-refractivity contribution >= 4 is 17.3 Å². The Morgan fingerprint density at radius 1 is 1.09 bits per heavy atom. The van der Waals surface area contributed by atoms with E-state index in [2.05, 4.69) is 61.5 Å². The fraction of sp³-hybridized carbons (Fsp3) is 0.368. The predicted molar refractivity (Wildman–Crippen MR) is 95.2 cm³/mol. The molecule has 0 spiro atoms. The van der Waals surface area contributed by atoms with Gasteiger partial charge in [-0.1, -0.05) is 19.9 Å². The number of nitrogens with one attached hydrogen (secondary N) is 2. The van der Waals surface area contributed by atoms with Crippen molar-refractivity contribution < 1.29 is 4.79 Å². The van der Waals surface area contributed by atoms with Crippen LogP contribution in [0.5, 0.6) is 0 Å². The smallest absolute Gasteiger partial charge is 0.269 e. The third kappa shape index (κ3) is 5.40. The van der Waals surface area contributed by atoms with Crippen LogP contribution >= 0.6 is 0 Å². The van der Waals surface area contributed by atoms with Gasteiger partial charge < -0.3 is 10.6 Å². The SMILES string of the molecule is Cc1cc(C)cc(Nc2ccnc(C(=O)NCCC(C)C)c2)c1. The van der Waals surface area contributed by atoms with E-state index in [4.69, 9.17) is 0 Å². The highest BCUT2D eigenvalue weighted by atomic mass is 16.1. The van der Waals surface area contributed by atoms with Gasteiger partial charge in [-0.25, -0.2) is 0 Å². The first kappa shape index (κ1) is 17.0. The number of rotatable bonds is 6. The molecule has 0 radical (unpaired) electrons. The first-order valence-electron chi connectivity index (χ1n) is 8.03. The summed E-state index contributed by atoms with van der Waals surface area (Å²) >= 11 is 0. The number of aryl methyl sites for hydroxylation is 2. The average Bonchev–Trinajstić information content (AvgIpc) is 2.46. The van der Waals surface area contributed by atoms with Crippen LogP contribution in [0.25, 0.3) is 0 Å². The van der Waals surface area contributed by atoms with E-state index >= 15 is 0 Å².